The van der Waals surface area contributed by atoms with E-state index in [-0.39, 0.29) is 5.91 Å². The minimum absolute atomic E-state index is 0.0104. The molecular weight excluding hydrogens is 332 g/mol. The Hall–Kier alpha value is -2.00. The Balaban J connectivity index is 1.50. The van der Waals surface area contributed by atoms with Crippen LogP contribution in [0.25, 0.3) is 0 Å². The van der Waals surface area contributed by atoms with Crippen LogP contribution in [0.15, 0.2) is 48.5 Å². The van der Waals surface area contributed by atoms with Crippen molar-refractivity contribution in [3.63, 3.8) is 0 Å². The van der Waals surface area contributed by atoms with Crippen LogP contribution in [0.4, 0.5) is 5.69 Å². The lowest BCUT2D eigenvalue weighted by molar-refractivity contribution is -0.120. The number of carbonyl (C=O) groups excluding carboxylic acids is 1. The maximum Gasteiger partial charge on any atom is 0.224 e. The molecule has 1 fully saturated rings. The van der Waals surface area contributed by atoms with Crippen molar-refractivity contribution in [1.82, 2.24) is 5.32 Å². The van der Waals surface area contributed by atoms with E-state index in [4.69, 9.17) is 11.6 Å². The highest BCUT2D eigenvalue weighted by Gasteiger charge is 2.16. The van der Waals surface area contributed by atoms with Crippen LogP contribution in [-0.2, 0) is 17.8 Å². The summed E-state index contributed by atoms with van der Waals surface area (Å²) < 4.78 is 0. The quantitative estimate of drug-likeness (QED) is 0.859. The molecule has 0 radical (unpaired) electrons. The van der Waals surface area contributed by atoms with E-state index in [0.717, 1.165) is 30.1 Å². The molecule has 0 bridgehead atoms. The Kier molecular flexibility index (Phi) is 5.98. The average molecular weight is 357 g/mol. The first kappa shape index (κ1) is 17.8. The topological polar surface area (TPSA) is 32.3 Å². The fourth-order valence-corrected chi connectivity index (χ4v) is 3.56. The third kappa shape index (κ3) is 5.23. The summed E-state index contributed by atoms with van der Waals surface area (Å²) >= 11 is 5.95. The zero-order valence-corrected chi connectivity index (χ0v) is 15.4. The van der Waals surface area contributed by atoms with Gasteiger partial charge in [0.1, 0.15) is 0 Å². The van der Waals surface area contributed by atoms with Crippen molar-refractivity contribution in [3.8, 4) is 0 Å². The van der Waals surface area contributed by atoms with E-state index >= 15 is 0 Å². The van der Waals surface area contributed by atoms with E-state index in [2.05, 4.69) is 41.4 Å². The second-order valence-electron chi connectivity index (χ2n) is 6.94. The molecule has 0 spiro atoms. The molecule has 2 aromatic carbocycles. The molecule has 3 nitrogen and oxygen atoms in total. The molecule has 0 unspecified atom stereocenters. The number of rotatable bonds is 5. The van der Waals surface area contributed by atoms with E-state index in [1.807, 2.05) is 24.3 Å². The van der Waals surface area contributed by atoms with Crippen LogP contribution in [0.1, 0.15) is 30.9 Å². The van der Waals surface area contributed by atoms with E-state index in [9.17, 15) is 4.79 Å². The normalized spacial score (nSPS) is 17.4. The fourth-order valence-electron chi connectivity index (χ4n) is 3.34. The van der Waals surface area contributed by atoms with Crippen LogP contribution in [0, 0.1) is 5.92 Å². The Morgan fingerprint density at radius 3 is 2.72 bits per heavy atom. The molecule has 1 N–H and O–H groups in total. The van der Waals surface area contributed by atoms with Crippen molar-refractivity contribution in [2.24, 2.45) is 5.92 Å². The molecule has 0 aromatic heterocycles. The average Bonchev–Trinajstić information content (AvgIpc) is 2.60. The molecule has 0 aliphatic carbocycles. The van der Waals surface area contributed by atoms with Gasteiger partial charge in [0.05, 0.1) is 6.42 Å². The van der Waals surface area contributed by atoms with Gasteiger partial charge < -0.3 is 10.2 Å². The molecule has 0 saturated carbocycles. The Morgan fingerprint density at radius 2 is 2.00 bits per heavy atom. The number of amides is 1. The molecule has 1 heterocycles. The van der Waals surface area contributed by atoms with Crippen LogP contribution < -0.4 is 10.2 Å². The van der Waals surface area contributed by atoms with Crippen molar-refractivity contribution >= 4 is 23.2 Å². The molecule has 3 rings (SSSR count). The van der Waals surface area contributed by atoms with Crippen molar-refractivity contribution in [2.75, 3.05) is 18.0 Å². The van der Waals surface area contributed by atoms with Gasteiger partial charge in [0.25, 0.3) is 0 Å². The SMILES string of the molecule is C[C@H]1CCCN(c2ccc(CNC(=O)Cc3cccc(Cl)c3)cc2)C1. The maximum atomic E-state index is 12.1. The fraction of sp³-hybridized carbons (Fsp3) is 0.381. The Labute approximate surface area is 155 Å². The number of nitrogens with zero attached hydrogens (tertiary/aromatic N) is 1. The number of nitrogens with one attached hydrogen (secondary N) is 1. The standard InChI is InChI=1S/C21H25ClN2O/c1-16-4-3-11-24(15-16)20-9-7-17(8-10-20)14-23-21(25)13-18-5-2-6-19(22)12-18/h2,5-10,12,16H,3-4,11,13-15H2,1H3,(H,23,25)/t16-/m0/s1. The predicted molar refractivity (Wildman–Crippen MR) is 104 cm³/mol. The first-order chi connectivity index (χ1) is 12.1. The summed E-state index contributed by atoms with van der Waals surface area (Å²) in [6.45, 7) is 5.14. The highest BCUT2D eigenvalue weighted by molar-refractivity contribution is 6.30. The number of benzene rings is 2. The van der Waals surface area contributed by atoms with Crippen LogP contribution in [0.5, 0.6) is 0 Å². The van der Waals surface area contributed by atoms with Crippen molar-refractivity contribution in [1.29, 1.82) is 0 Å². The lowest BCUT2D eigenvalue weighted by Gasteiger charge is -2.32. The predicted octanol–water partition coefficient (Wildman–Crippen LogP) is 4.44. The number of halogens is 1. The number of anilines is 1. The summed E-state index contributed by atoms with van der Waals surface area (Å²) in [4.78, 5) is 14.5. The summed E-state index contributed by atoms with van der Waals surface area (Å²) in [7, 11) is 0. The highest BCUT2D eigenvalue weighted by atomic mass is 35.5. The molecule has 1 saturated heterocycles. The number of carbonyl (C=O) groups is 1. The smallest absolute Gasteiger partial charge is 0.224 e. The van der Waals surface area contributed by atoms with Gasteiger partial charge in [0.2, 0.25) is 5.91 Å². The molecule has 2 aromatic rings. The molecule has 1 aliphatic rings. The molecule has 1 atom stereocenters. The van der Waals surface area contributed by atoms with Crippen LogP contribution in [0.2, 0.25) is 5.02 Å². The zero-order chi connectivity index (χ0) is 17.6. The molecular formula is C21H25ClN2O. The third-order valence-corrected chi connectivity index (χ3v) is 4.94. The van der Waals surface area contributed by atoms with E-state index in [1.165, 1.54) is 18.5 Å². The molecule has 1 amide bonds. The maximum absolute atomic E-state index is 12.1. The van der Waals surface area contributed by atoms with Gasteiger partial charge in [-0.3, -0.25) is 4.79 Å². The van der Waals surface area contributed by atoms with Gasteiger partial charge in [0.15, 0.2) is 0 Å². The molecule has 25 heavy (non-hydrogen) atoms. The summed E-state index contributed by atoms with van der Waals surface area (Å²) in [6, 6.07) is 16.0. The summed E-state index contributed by atoms with van der Waals surface area (Å²) in [5.41, 5.74) is 3.33. The van der Waals surface area contributed by atoms with Crippen molar-refractivity contribution < 1.29 is 4.79 Å². The summed E-state index contributed by atoms with van der Waals surface area (Å²) in [6.07, 6.45) is 2.94. The zero-order valence-electron chi connectivity index (χ0n) is 14.7. The second kappa shape index (κ2) is 8.39. The van der Waals surface area contributed by atoms with Crippen LogP contribution in [0.3, 0.4) is 0 Å². The first-order valence-corrected chi connectivity index (χ1v) is 9.33. The number of hydrogen-bond donors (Lipinski definition) is 1. The Morgan fingerprint density at radius 1 is 1.20 bits per heavy atom. The van der Waals surface area contributed by atoms with Crippen molar-refractivity contribution in [3.05, 3.63) is 64.7 Å². The van der Waals surface area contributed by atoms with E-state index in [1.54, 1.807) is 0 Å². The van der Waals surface area contributed by atoms with Crippen LogP contribution >= 0.6 is 11.6 Å². The number of hydrogen-bond acceptors (Lipinski definition) is 2. The van der Waals surface area contributed by atoms with E-state index in [0.29, 0.717) is 18.0 Å². The number of piperidine rings is 1. The largest absolute Gasteiger partial charge is 0.371 e. The van der Waals surface area contributed by atoms with Gasteiger partial charge in [-0.15, -0.1) is 0 Å². The van der Waals surface area contributed by atoms with E-state index < -0.39 is 0 Å². The van der Waals surface area contributed by atoms with Gasteiger partial charge in [-0.25, -0.2) is 0 Å². The lowest BCUT2D eigenvalue weighted by Crippen LogP contribution is -2.34. The highest BCUT2D eigenvalue weighted by Crippen LogP contribution is 2.23. The third-order valence-electron chi connectivity index (χ3n) is 4.70. The van der Waals surface area contributed by atoms with Gasteiger partial charge in [0, 0.05) is 30.3 Å². The van der Waals surface area contributed by atoms with Gasteiger partial charge >= 0.3 is 0 Å². The molecule has 132 valence electrons. The first-order valence-electron chi connectivity index (χ1n) is 8.95. The summed E-state index contributed by atoms with van der Waals surface area (Å²) in [5.74, 6) is 0.774. The minimum Gasteiger partial charge on any atom is -0.371 e. The minimum atomic E-state index is 0.0104. The molecule has 4 heteroatoms. The Bertz CT molecular complexity index is 714. The van der Waals surface area contributed by atoms with Gasteiger partial charge in [-0.2, -0.15) is 0 Å². The monoisotopic (exact) mass is 356 g/mol. The molecule has 1 aliphatic heterocycles. The van der Waals surface area contributed by atoms with Gasteiger partial charge in [-0.1, -0.05) is 42.8 Å². The van der Waals surface area contributed by atoms with Crippen LogP contribution in [-0.4, -0.2) is 19.0 Å². The second-order valence-corrected chi connectivity index (χ2v) is 7.38. The van der Waals surface area contributed by atoms with Gasteiger partial charge in [-0.05, 0) is 54.2 Å². The lowest BCUT2D eigenvalue weighted by atomic mass is 9.99. The van der Waals surface area contributed by atoms with Crippen molar-refractivity contribution in [2.45, 2.75) is 32.7 Å². The summed E-state index contributed by atoms with van der Waals surface area (Å²) in [5, 5.41) is 3.64.